The van der Waals surface area contributed by atoms with Crippen LogP contribution in [0.4, 0.5) is 0 Å². The Bertz CT molecular complexity index is 910. The molecule has 26 heavy (non-hydrogen) atoms. The number of rotatable bonds is 3. The molecule has 0 aliphatic carbocycles. The smallest absolute Gasteiger partial charge is 0.254 e. The number of fused-ring (bicyclic) bond motifs is 1. The average Bonchev–Trinajstić information content (AvgIpc) is 3.22. The first-order valence-corrected chi connectivity index (χ1v) is 10.7. The van der Waals surface area contributed by atoms with E-state index in [2.05, 4.69) is 17.4 Å². The highest BCUT2D eigenvalue weighted by atomic mass is 32.2. The van der Waals surface area contributed by atoms with E-state index in [4.69, 9.17) is 0 Å². The molecule has 2 fully saturated rings. The molecule has 2 heterocycles. The maximum Gasteiger partial charge on any atom is 0.254 e. The van der Waals surface area contributed by atoms with Gasteiger partial charge in [0.25, 0.3) is 5.91 Å². The van der Waals surface area contributed by atoms with Crippen molar-refractivity contribution in [2.45, 2.75) is 10.9 Å². The molecule has 0 aromatic heterocycles. The Labute approximate surface area is 153 Å². The monoisotopic (exact) mass is 370 g/mol. The van der Waals surface area contributed by atoms with Crippen molar-refractivity contribution in [3.05, 3.63) is 65.7 Å². The first kappa shape index (κ1) is 17.2. The molecule has 0 radical (unpaired) electrons. The normalized spacial score (nSPS) is 25.3. The van der Waals surface area contributed by atoms with Gasteiger partial charge in [0.05, 0.1) is 10.9 Å². The lowest BCUT2D eigenvalue weighted by molar-refractivity contribution is 0.0714. The van der Waals surface area contributed by atoms with Crippen LogP contribution in [-0.2, 0) is 9.84 Å². The van der Waals surface area contributed by atoms with Crippen molar-refractivity contribution < 1.29 is 13.2 Å². The molecule has 3 atom stereocenters. The van der Waals surface area contributed by atoms with Crippen LogP contribution < -0.4 is 5.32 Å². The van der Waals surface area contributed by atoms with Gasteiger partial charge in [-0.05, 0) is 35.7 Å². The summed E-state index contributed by atoms with van der Waals surface area (Å²) in [6.45, 7) is 2.58. The Hall–Kier alpha value is -2.18. The fourth-order valence-electron chi connectivity index (χ4n) is 4.22. The number of hydrogen-bond acceptors (Lipinski definition) is 4. The molecule has 0 unspecified atom stereocenters. The predicted octanol–water partition coefficient (Wildman–Crippen LogP) is 2.12. The minimum Gasteiger partial charge on any atom is -0.331 e. The summed E-state index contributed by atoms with van der Waals surface area (Å²) in [7, 11) is -3.26. The van der Waals surface area contributed by atoms with Crippen molar-refractivity contribution in [3.63, 3.8) is 0 Å². The maximum absolute atomic E-state index is 13.2. The van der Waals surface area contributed by atoms with Crippen molar-refractivity contribution in [2.75, 3.05) is 25.9 Å². The van der Waals surface area contributed by atoms with E-state index >= 15 is 0 Å². The zero-order valence-electron chi connectivity index (χ0n) is 14.6. The topological polar surface area (TPSA) is 66.5 Å². The second-order valence-electron chi connectivity index (χ2n) is 7.19. The van der Waals surface area contributed by atoms with Gasteiger partial charge in [-0.2, -0.15) is 0 Å². The Kier molecular flexibility index (Phi) is 4.32. The number of amides is 1. The van der Waals surface area contributed by atoms with Gasteiger partial charge >= 0.3 is 0 Å². The average molecular weight is 370 g/mol. The molecular formula is C20H22N2O3S. The predicted molar refractivity (Wildman–Crippen MR) is 99.6 cm³/mol. The third-order valence-corrected chi connectivity index (χ3v) is 6.62. The minimum atomic E-state index is -3.26. The molecule has 0 saturated carbocycles. The summed E-state index contributed by atoms with van der Waals surface area (Å²) in [5.74, 6) is 0.837. The van der Waals surface area contributed by atoms with E-state index in [0.717, 1.165) is 25.2 Å². The molecular weight excluding hydrogens is 348 g/mol. The molecule has 2 aliphatic heterocycles. The van der Waals surface area contributed by atoms with Crippen LogP contribution in [-0.4, -0.2) is 45.1 Å². The van der Waals surface area contributed by atoms with Crippen LogP contribution in [0.1, 0.15) is 22.0 Å². The van der Waals surface area contributed by atoms with Gasteiger partial charge in [-0.25, -0.2) is 8.42 Å². The van der Waals surface area contributed by atoms with Crippen LogP contribution in [0.25, 0.3) is 0 Å². The number of carbonyl (C=O) groups is 1. The number of nitrogens with zero attached hydrogens (tertiary/aromatic N) is 1. The lowest BCUT2D eigenvalue weighted by Gasteiger charge is -2.28. The minimum absolute atomic E-state index is 0.0340. The number of sulfone groups is 1. The van der Waals surface area contributed by atoms with Crippen molar-refractivity contribution in [1.82, 2.24) is 10.2 Å². The van der Waals surface area contributed by atoms with Crippen molar-refractivity contribution in [1.29, 1.82) is 0 Å². The first-order chi connectivity index (χ1) is 12.4. The number of nitrogens with one attached hydrogen (secondary N) is 1. The molecule has 136 valence electrons. The zero-order valence-corrected chi connectivity index (χ0v) is 15.4. The van der Waals surface area contributed by atoms with Crippen molar-refractivity contribution >= 4 is 15.7 Å². The van der Waals surface area contributed by atoms with Gasteiger partial charge in [0.1, 0.15) is 0 Å². The Balaban J connectivity index is 1.66. The van der Waals surface area contributed by atoms with Gasteiger partial charge in [-0.15, -0.1) is 0 Å². The summed E-state index contributed by atoms with van der Waals surface area (Å²) < 4.78 is 23.3. The first-order valence-electron chi connectivity index (χ1n) is 8.82. The van der Waals surface area contributed by atoms with E-state index in [-0.39, 0.29) is 16.8 Å². The fourth-order valence-corrected chi connectivity index (χ4v) is 4.85. The van der Waals surface area contributed by atoms with Crippen molar-refractivity contribution in [2.24, 2.45) is 11.8 Å². The largest absolute Gasteiger partial charge is 0.331 e. The summed E-state index contributed by atoms with van der Waals surface area (Å²) in [6, 6.07) is 16.5. The number of benzene rings is 2. The van der Waals surface area contributed by atoms with Gasteiger partial charge in [0.15, 0.2) is 9.84 Å². The maximum atomic E-state index is 13.2. The third-order valence-electron chi connectivity index (χ3n) is 5.50. The van der Waals surface area contributed by atoms with Crippen molar-refractivity contribution in [3.8, 4) is 0 Å². The van der Waals surface area contributed by atoms with Gasteiger partial charge in [-0.1, -0.05) is 30.3 Å². The Morgan fingerprint density at radius 2 is 1.73 bits per heavy atom. The molecule has 1 N–H and O–H groups in total. The number of hydrogen-bond donors (Lipinski definition) is 1. The highest BCUT2D eigenvalue weighted by Gasteiger charge is 2.46. The summed E-state index contributed by atoms with van der Waals surface area (Å²) in [5, 5.41) is 3.44. The van der Waals surface area contributed by atoms with Crippen LogP contribution in [0.15, 0.2) is 59.5 Å². The van der Waals surface area contributed by atoms with E-state index < -0.39 is 9.84 Å². The molecule has 0 spiro atoms. The fraction of sp³-hybridized carbons (Fsp3) is 0.350. The Morgan fingerprint density at radius 1 is 1.04 bits per heavy atom. The van der Waals surface area contributed by atoms with Crippen LogP contribution >= 0.6 is 0 Å². The lowest BCUT2D eigenvalue weighted by atomic mass is 9.89. The number of carbonyl (C=O) groups excluding carboxylic acids is 1. The van der Waals surface area contributed by atoms with E-state index in [1.165, 1.54) is 18.4 Å². The van der Waals surface area contributed by atoms with E-state index in [1.807, 2.05) is 23.1 Å². The molecule has 4 rings (SSSR count). The molecule has 6 heteroatoms. The summed E-state index contributed by atoms with van der Waals surface area (Å²) in [4.78, 5) is 15.4. The SMILES string of the molecule is CS(=O)(=O)c1ccc(C(=O)N2C[C@@H]3CNC[C@@H]3[C@H]2c2ccccc2)cc1. The summed E-state index contributed by atoms with van der Waals surface area (Å²) >= 11 is 0. The van der Waals surface area contributed by atoms with Gasteiger partial charge in [0, 0.05) is 37.4 Å². The van der Waals surface area contributed by atoms with E-state index in [1.54, 1.807) is 12.1 Å². The highest BCUT2D eigenvalue weighted by molar-refractivity contribution is 7.90. The standard InChI is InChI=1S/C20H22N2O3S/c1-26(24,25)17-9-7-15(8-10-17)20(23)22-13-16-11-21-12-18(16)19(22)14-5-3-2-4-6-14/h2-10,16,18-19,21H,11-13H2,1H3/t16-,18-,19+/m0/s1. The second-order valence-corrected chi connectivity index (χ2v) is 9.21. The van der Waals surface area contributed by atoms with E-state index in [9.17, 15) is 13.2 Å². The molecule has 2 saturated heterocycles. The van der Waals surface area contributed by atoms with Crippen LogP contribution in [0, 0.1) is 11.8 Å². The zero-order chi connectivity index (χ0) is 18.3. The molecule has 1 amide bonds. The lowest BCUT2D eigenvalue weighted by Crippen LogP contribution is -2.34. The van der Waals surface area contributed by atoms with Crippen LogP contribution in [0.3, 0.4) is 0 Å². The molecule has 2 aliphatic rings. The summed E-state index contributed by atoms with van der Waals surface area (Å²) in [6.07, 6.45) is 1.17. The van der Waals surface area contributed by atoms with Crippen LogP contribution in [0.2, 0.25) is 0 Å². The number of likely N-dealkylation sites (tertiary alicyclic amines) is 1. The van der Waals surface area contributed by atoms with Gasteiger partial charge in [-0.3, -0.25) is 4.79 Å². The highest BCUT2D eigenvalue weighted by Crippen LogP contribution is 2.43. The summed E-state index contributed by atoms with van der Waals surface area (Å²) in [5.41, 5.74) is 1.69. The molecule has 0 bridgehead atoms. The quantitative estimate of drug-likeness (QED) is 0.899. The van der Waals surface area contributed by atoms with Gasteiger partial charge in [0.2, 0.25) is 0 Å². The third kappa shape index (κ3) is 3.04. The molecule has 5 nitrogen and oxygen atoms in total. The Morgan fingerprint density at radius 3 is 2.38 bits per heavy atom. The van der Waals surface area contributed by atoms with E-state index in [0.29, 0.717) is 17.4 Å². The van der Waals surface area contributed by atoms with Gasteiger partial charge < -0.3 is 10.2 Å². The van der Waals surface area contributed by atoms with Crippen LogP contribution in [0.5, 0.6) is 0 Å². The molecule has 2 aromatic rings. The second kappa shape index (κ2) is 6.52. The molecule has 2 aromatic carbocycles.